The predicted octanol–water partition coefficient (Wildman–Crippen LogP) is 7.87. The molecule has 45 heavy (non-hydrogen) atoms. The summed E-state index contributed by atoms with van der Waals surface area (Å²) in [4.78, 5) is 5.64. The van der Waals surface area contributed by atoms with E-state index in [1.807, 2.05) is 16.7 Å². The Hall–Kier alpha value is -0.640. The van der Waals surface area contributed by atoms with Crippen LogP contribution in [0.15, 0.2) is 22.8 Å². The zero-order valence-corrected chi connectivity index (χ0v) is 28.8. The van der Waals surface area contributed by atoms with E-state index in [0.29, 0.717) is 38.6 Å². The van der Waals surface area contributed by atoms with Gasteiger partial charge in [0.05, 0.1) is 11.7 Å². The van der Waals surface area contributed by atoms with Gasteiger partial charge in [0.2, 0.25) is 0 Å². The molecular weight excluding hydrogens is 548 g/mol. The molecule has 3 aliphatic heterocycles. The smallest absolute Gasteiger partial charge is 0.0744 e. The van der Waals surface area contributed by atoms with Gasteiger partial charge >= 0.3 is 0 Å². The van der Waals surface area contributed by atoms with E-state index < -0.39 is 0 Å². The van der Waals surface area contributed by atoms with Gasteiger partial charge in [0.25, 0.3) is 0 Å². The second-order valence-electron chi connectivity index (χ2n) is 21.5. The average Bonchev–Trinajstić information content (AvgIpc) is 3.53. The van der Waals surface area contributed by atoms with Crippen molar-refractivity contribution in [1.82, 2.24) is 9.80 Å². The molecule has 11 fully saturated rings. The topological polar surface area (TPSA) is 15.7 Å². The Morgan fingerprint density at radius 1 is 0.889 bits per heavy atom. The Morgan fingerprint density at radius 3 is 2.71 bits per heavy atom. The first-order chi connectivity index (χ1) is 21.6. The van der Waals surface area contributed by atoms with E-state index in [1.165, 1.54) is 90.3 Å². The van der Waals surface area contributed by atoms with Crippen molar-refractivity contribution in [3.8, 4) is 0 Å². The van der Waals surface area contributed by atoms with Gasteiger partial charge in [-0.15, -0.1) is 0 Å². The predicted molar refractivity (Wildman–Crippen MR) is 176 cm³/mol. The summed E-state index contributed by atoms with van der Waals surface area (Å²) >= 11 is 0. The Morgan fingerprint density at radius 2 is 1.80 bits per heavy atom. The number of allylic oxidation sites excluding steroid dienone is 2. The third-order valence-corrected chi connectivity index (χ3v) is 20.4. The minimum Gasteiger partial charge on any atom is -0.370 e. The summed E-state index contributed by atoms with van der Waals surface area (Å²) in [7, 11) is 4.96. The first-order valence-electron chi connectivity index (χ1n) is 20.1. The van der Waals surface area contributed by atoms with Gasteiger partial charge in [0, 0.05) is 41.9 Å². The molecule has 8 saturated carbocycles. The summed E-state index contributed by atoms with van der Waals surface area (Å²) in [6.45, 7) is 9.35. The highest BCUT2D eigenvalue weighted by molar-refractivity contribution is 5.56. The largest absolute Gasteiger partial charge is 0.370 e. The fraction of sp³-hybridized carbons (Fsp3) is 0.905. The summed E-state index contributed by atoms with van der Waals surface area (Å²) < 4.78 is 8.21. The molecule has 3 heteroatoms. The van der Waals surface area contributed by atoms with Crippen molar-refractivity contribution in [3.63, 3.8) is 0 Å². The molecular formula is C42H58N2O. The Balaban J connectivity index is 0.894. The fourth-order valence-corrected chi connectivity index (χ4v) is 20.0. The minimum absolute atomic E-state index is 0.209. The van der Waals surface area contributed by atoms with E-state index in [0.717, 1.165) is 47.5 Å². The number of nitrogens with zero attached hydrogens (tertiary/aromatic N) is 2. The highest BCUT2D eigenvalue weighted by atomic mass is 16.5. The lowest BCUT2D eigenvalue weighted by atomic mass is 9.38. The van der Waals surface area contributed by atoms with Crippen LogP contribution in [-0.2, 0) is 4.74 Å². The molecule has 12 bridgehead atoms. The zero-order chi connectivity index (χ0) is 29.7. The number of fused-ring (bicyclic) bond motifs is 3. The van der Waals surface area contributed by atoms with Gasteiger partial charge in [-0.05, 0) is 173 Å². The van der Waals surface area contributed by atoms with E-state index in [1.54, 1.807) is 25.7 Å². The number of likely N-dealkylation sites (tertiary alicyclic amines) is 2. The van der Waals surface area contributed by atoms with E-state index in [9.17, 15) is 0 Å². The maximum absolute atomic E-state index is 8.21. The van der Waals surface area contributed by atoms with Gasteiger partial charge in [0.1, 0.15) is 0 Å². The van der Waals surface area contributed by atoms with E-state index in [4.69, 9.17) is 4.74 Å². The SMILES string of the molecule is CN1C[C@@H]2CC3=C(CC[C@@]45CC6[C@@H](C=C34)[C@]63CC[C@@]4(C[C@]67CC[C@@H]8[C@@]9(C)CCC[C@]8%10C(C6C[C@H]4C[C@H]7%10)N(C)C9)O[C@@H]53)[C@@](C)(C2)C1. The Kier molecular flexibility index (Phi) is 4.25. The van der Waals surface area contributed by atoms with Gasteiger partial charge < -0.3 is 14.5 Å². The second-order valence-corrected chi connectivity index (χ2v) is 21.5. The molecule has 3 nitrogen and oxygen atoms in total. The normalized spacial score (nSPS) is 67.0. The number of rotatable bonds is 0. The molecule has 15 rings (SSSR count). The lowest BCUT2D eigenvalue weighted by Gasteiger charge is -2.70. The van der Waals surface area contributed by atoms with E-state index >= 15 is 0 Å². The van der Waals surface area contributed by atoms with Crippen LogP contribution < -0.4 is 0 Å². The quantitative estimate of drug-likeness (QED) is 0.279. The molecule has 3 heterocycles. The summed E-state index contributed by atoms with van der Waals surface area (Å²) in [5.74, 6) is 6.50. The molecule has 3 unspecified atom stereocenters. The second kappa shape index (κ2) is 7.28. The van der Waals surface area contributed by atoms with Crippen molar-refractivity contribution in [3.05, 3.63) is 22.8 Å². The maximum Gasteiger partial charge on any atom is 0.0744 e. The first-order valence-corrected chi connectivity index (χ1v) is 20.1. The van der Waals surface area contributed by atoms with Gasteiger partial charge in [-0.3, -0.25) is 0 Å². The highest BCUT2D eigenvalue weighted by Crippen LogP contribution is 2.88. The number of hydrogen-bond acceptors (Lipinski definition) is 3. The van der Waals surface area contributed by atoms with Gasteiger partial charge in [-0.2, -0.15) is 0 Å². The first kappa shape index (κ1) is 26.3. The van der Waals surface area contributed by atoms with Gasteiger partial charge in [-0.25, -0.2) is 0 Å². The zero-order valence-electron chi connectivity index (χ0n) is 28.8. The minimum atomic E-state index is 0.209. The summed E-state index contributed by atoms with van der Waals surface area (Å²) in [5.41, 5.74) is 9.02. The van der Waals surface area contributed by atoms with Crippen LogP contribution in [0.1, 0.15) is 110 Å². The summed E-state index contributed by atoms with van der Waals surface area (Å²) in [6.07, 6.45) is 25.7. The van der Waals surface area contributed by atoms with Gasteiger partial charge in [-0.1, -0.05) is 31.9 Å². The van der Waals surface area contributed by atoms with Crippen LogP contribution in [0.2, 0.25) is 0 Å². The van der Waals surface area contributed by atoms with Crippen molar-refractivity contribution in [2.45, 2.75) is 128 Å². The van der Waals surface area contributed by atoms with Crippen LogP contribution >= 0.6 is 0 Å². The lowest BCUT2D eigenvalue weighted by molar-refractivity contribution is -0.284. The van der Waals surface area contributed by atoms with E-state index in [2.05, 4.69) is 43.8 Å². The number of piperidine rings is 2. The molecule has 0 amide bonds. The van der Waals surface area contributed by atoms with Crippen LogP contribution in [0.3, 0.4) is 0 Å². The third-order valence-electron chi connectivity index (χ3n) is 20.4. The Labute approximate surface area is 272 Å². The van der Waals surface area contributed by atoms with Crippen LogP contribution in [0.5, 0.6) is 0 Å². The molecule has 12 aliphatic carbocycles. The van der Waals surface area contributed by atoms with Crippen molar-refractivity contribution in [2.24, 2.45) is 73.9 Å². The fourth-order valence-electron chi connectivity index (χ4n) is 20.0. The molecule has 16 atom stereocenters. The molecule has 0 aromatic heterocycles. The van der Waals surface area contributed by atoms with E-state index in [-0.39, 0.29) is 5.60 Å². The summed E-state index contributed by atoms with van der Waals surface area (Å²) in [5, 5.41) is 0. The molecule has 0 aromatic carbocycles. The van der Waals surface area contributed by atoms with Crippen LogP contribution in [0.25, 0.3) is 0 Å². The Bertz CT molecular complexity index is 1550. The monoisotopic (exact) mass is 606 g/mol. The number of ether oxygens (including phenoxy) is 1. The summed E-state index contributed by atoms with van der Waals surface area (Å²) in [6, 6.07) is 0.888. The van der Waals surface area contributed by atoms with Crippen LogP contribution in [-0.4, -0.2) is 61.3 Å². The molecule has 15 aliphatic rings. The highest BCUT2D eigenvalue weighted by Gasteiger charge is 2.86. The molecule has 3 saturated heterocycles. The number of hydrogen-bond donors (Lipinski definition) is 0. The van der Waals surface area contributed by atoms with Crippen LogP contribution in [0, 0.1) is 73.9 Å². The lowest BCUT2D eigenvalue weighted by Crippen LogP contribution is -2.67. The maximum atomic E-state index is 8.21. The average molecular weight is 607 g/mol. The van der Waals surface area contributed by atoms with Crippen LogP contribution in [0.4, 0.5) is 0 Å². The molecule has 0 N–H and O–H groups in total. The standard InChI is InChI=1S/C42H58N2O/c1-36-8-5-9-42-32(36)7-11-39-21-40(25(16-33(39)42)15-30(39)34(42)44(4)23-36)12-13-41-29-17-28-26-14-24-18-37(2,22-43(3)20-24)27(26)6-10-38(28,19-31(29)41)35(41)45-40/h17,24-25,29-35H,5-16,18-23H2,1-4H3/t24-,25+,29-,30?,31?,32-,33-,34?,35+,36+,37+,38-,39-,40+,41-,42+/m1/s1. The van der Waals surface area contributed by atoms with Crippen molar-refractivity contribution < 1.29 is 4.74 Å². The third kappa shape index (κ3) is 2.47. The van der Waals surface area contributed by atoms with Crippen molar-refractivity contribution in [1.29, 1.82) is 0 Å². The van der Waals surface area contributed by atoms with Gasteiger partial charge in [0.15, 0.2) is 0 Å². The van der Waals surface area contributed by atoms with Crippen molar-refractivity contribution in [2.75, 3.05) is 33.7 Å². The molecule has 242 valence electrons. The molecule has 0 radical (unpaired) electrons. The van der Waals surface area contributed by atoms with Crippen molar-refractivity contribution >= 4 is 0 Å². The molecule has 0 aromatic rings. The molecule has 5 spiro atoms.